The molecule has 14 heavy (non-hydrogen) atoms. The Morgan fingerprint density at radius 2 is 2.00 bits per heavy atom. The Bertz CT molecular complexity index is 194. The molecule has 82 valence electrons. The topological polar surface area (TPSA) is 27.1 Å². The molecule has 0 aromatic heterocycles. The summed E-state index contributed by atoms with van der Waals surface area (Å²) >= 11 is 0. The largest absolute Gasteiger partial charge is 0.305 e. The summed E-state index contributed by atoms with van der Waals surface area (Å²) in [4.78, 5) is 2.23. The highest BCUT2D eigenvalue weighted by atomic mass is 15.1. The molecule has 0 heterocycles. The second-order valence-corrected chi connectivity index (χ2v) is 3.73. The molecule has 0 radical (unpaired) electrons. The van der Waals surface area contributed by atoms with Crippen molar-refractivity contribution < 1.29 is 0 Å². The third kappa shape index (κ3) is 5.18. The van der Waals surface area contributed by atoms with E-state index < -0.39 is 0 Å². The van der Waals surface area contributed by atoms with Crippen LogP contribution in [0.2, 0.25) is 0 Å². The van der Waals surface area contributed by atoms with Crippen LogP contribution in [-0.2, 0) is 0 Å². The Balaban J connectivity index is 4.07. The van der Waals surface area contributed by atoms with Gasteiger partial charge in [0.15, 0.2) is 0 Å². The van der Waals surface area contributed by atoms with Crippen LogP contribution in [0.15, 0.2) is 11.6 Å². The fourth-order valence-electron chi connectivity index (χ4n) is 1.28. The molecule has 0 fully saturated rings. The van der Waals surface area contributed by atoms with Crippen molar-refractivity contribution in [1.29, 1.82) is 5.41 Å². The molecule has 0 bridgehead atoms. The van der Waals surface area contributed by atoms with Gasteiger partial charge >= 0.3 is 0 Å². The molecule has 0 saturated carbocycles. The van der Waals surface area contributed by atoms with E-state index in [0.29, 0.717) is 0 Å². The standard InChI is InChI=1S/C12H24N2/c1-5-8-9-12(13)11(6-2)10-14(4)7-3/h6,13H,5,7-10H2,1-4H3/b11-6+,13-12?. The van der Waals surface area contributed by atoms with Crippen LogP contribution in [0.1, 0.15) is 40.0 Å². The molecule has 0 amide bonds. The summed E-state index contributed by atoms with van der Waals surface area (Å²) in [6.07, 6.45) is 5.30. The minimum atomic E-state index is 0.814. The predicted molar refractivity (Wildman–Crippen MR) is 64.2 cm³/mol. The van der Waals surface area contributed by atoms with Crippen LogP contribution in [0.5, 0.6) is 0 Å². The van der Waals surface area contributed by atoms with Crippen molar-refractivity contribution in [2.75, 3.05) is 20.1 Å². The van der Waals surface area contributed by atoms with Gasteiger partial charge in [-0.05, 0) is 38.9 Å². The molecule has 0 aromatic rings. The number of rotatable bonds is 7. The summed E-state index contributed by atoms with van der Waals surface area (Å²) in [7, 11) is 2.09. The Labute approximate surface area is 88.5 Å². The van der Waals surface area contributed by atoms with Crippen LogP contribution in [-0.4, -0.2) is 30.7 Å². The SMILES string of the molecule is C/C=C(\CN(C)CC)C(=N)CCCC. The molecule has 2 nitrogen and oxygen atoms in total. The van der Waals surface area contributed by atoms with Crippen molar-refractivity contribution in [3.05, 3.63) is 11.6 Å². The fourth-order valence-corrected chi connectivity index (χ4v) is 1.28. The van der Waals surface area contributed by atoms with Crippen LogP contribution >= 0.6 is 0 Å². The Kier molecular flexibility index (Phi) is 7.40. The summed E-state index contributed by atoms with van der Waals surface area (Å²) in [6.45, 7) is 8.29. The maximum atomic E-state index is 7.92. The van der Waals surface area contributed by atoms with Crippen molar-refractivity contribution in [2.45, 2.75) is 40.0 Å². The van der Waals surface area contributed by atoms with Crippen molar-refractivity contribution >= 4 is 5.71 Å². The van der Waals surface area contributed by atoms with Gasteiger partial charge in [-0.1, -0.05) is 26.3 Å². The van der Waals surface area contributed by atoms with Crippen molar-refractivity contribution in [2.24, 2.45) is 0 Å². The van der Waals surface area contributed by atoms with Crippen molar-refractivity contribution in [1.82, 2.24) is 4.90 Å². The highest BCUT2D eigenvalue weighted by Gasteiger charge is 2.05. The first kappa shape index (κ1) is 13.4. The smallest absolute Gasteiger partial charge is 0.0355 e. The molecule has 2 heteroatoms. The lowest BCUT2D eigenvalue weighted by molar-refractivity contribution is 0.387. The normalized spacial score (nSPS) is 12.2. The van der Waals surface area contributed by atoms with E-state index in [4.69, 9.17) is 5.41 Å². The minimum absolute atomic E-state index is 0.814. The average Bonchev–Trinajstić information content (AvgIpc) is 2.21. The zero-order valence-electron chi connectivity index (χ0n) is 10.1. The second kappa shape index (κ2) is 7.74. The van der Waals surface area contributed by atoms with Gasteiger partial charge in [-0.25, -0.2) is 0 Å². The molecule has 0 atom stereocenters. The maximum Gasteiger partial charge on any atom is 0.0355 e. The summed E-state index contributed by atoms with van der Waals surface area (Å²) < 4.78 is 0. The molecule has 0 aliphatic carbocycles. The van der Waals surface area contributed by atoms with Crippen LogP contribution in [0.4, 0.5) is 0 Å². The highest BCUT2D eigenvalue weighted by molar-refractivity contribution is 5.97. The van der Waals surface area contributed by atoms with E-state index in [1.54, 1.807) is 0 Å². The van der Waals surface area contributed by atoms with E-state index in [1.165, 1.54) is 12.0 Å². The van der Waals surface area contributed by atoms with Gasteiger partial charge < -0.3 is 10.3 Å². The molecular formula is C12H24N2. The quantitative estimate of drug-likeness (QED) is 0.622. The van der Waals surface area contributed by atoms with Crippen LogP contribution < -0.4 is 0 Å². The molecular weight excluding hydrogens is 172 g/mol. The lowest BCUT2D eigenvalue weighted by Gasteiger charge is -2.17. The Hall–Kier alpha value is -0.630. The molecule has 0 spiro atoms. The van der Waals surface area contributed by atoms with Crippen LogP contribution in [0.25, 0.3) is 0 Å². The van der Waals surface area contributed by atoms with Gasteiger partial charge in [0.1, 0.15) is 0 Å². The summed E-state index contributed by atoms with van der Waals surface area (Å²) in [6, 6.07) is 0. The number of unbranched alkanes of at least 4 members (excludes halogenated alkanes) is 1. The number of likely N-dealkylation sites (N-methyl/N-ethyl adjacent to an activating group) is 1. The number of hydrogen-bond acceptors (Lipinski definition) is 2. The predicted octanol–water partition coefficient (Wildman–Crippen LogP) is 3.09. The van der Waals surface area contributed by atoms with Gasteiger partial charge in [-0.15, -0.1) is 0 Å². The van der Waals surface area contributed by atoms with Gasteiger partial charge in [-0.3, -0.25) is 0 Å². The van der Waals surface area contributed by atoms with E-state index in [1.807, 2.05) is 6.92 Å². The molecule has 0 rings (SSSR count). The molecule has 0 aliphatic heterocycles. The zero-order valence-corrected chi connectivity index (χ0v) is 10.1. The number of hydrogen-bond donors (Lipinski definition) is 1. The summed E-state index contributed by atoms with van der Waals surface area (Å²) in [5.74, 6) is 0. The van der Waals surface area contributed by atoms with E-state index >= 15 is 0 Å². The molecule has 0 saturated heterocycles. The minimum Gasteiger partial charge on any atom is -0.305 e. The first-order valence-electron chi connectivity index (χ1n) is 5.57. The first-order valence-corrected chi connectivity index (χ1v) is 5.57. The maximum absolute atomic E-state index is 7.92. The number of nitrogens with zero attached hydrogens (tertiary/aromatic N) is 1. The first-order chi connectivity index (χ1) is 6.65. The van der Waals surface area contributed by atoms with Gasteiger partial charge in [0.05, 0.1) is 0 Å². The number of allylic oxidation sites excluding steroid dienone is 1. The van der Waals surface area contributed by atoms with Gasteiger partial charge in [0.25, 0.3) is 0 Å². The van der Waals surface area contributed by atoms with E-state index in [9.17, 15) is 0 Å². The van der Waals surface area contributed by atoms with Gasteiger partial charge in [0, 0.05) is 12.3 Å². The van der Waals surface area contributed by atoms with Crippen LogP contribution in [0, 0.1) is 5.41 Å². The molecule has 1 N–H and O–H groups in total. The Morgan fingerprint density at radius 1 is 1.36 bits per heavy atom. The average molecular weight is 196 g/mol. The number of nitrogens with one attached hydrogen (secondary N) is 1. The lowest BCUT2D eigenvalue weighted by Crippen LogP contribution is -2.23. The van der Waals surface area contributed by atoms with Gasteiger partial charge in [0.2, 0.25) is 0 Å². The zero-order chi connectivity index (χ0) is 11.0. The third-order valence-electron chi connectivity index (χ3n) is 2.50. The van der Waals surface area contributed by atoms with E-state index in [-0.39, 0.29) is 0 Å². The fraction of sp³-hybridized carbons (Fsp3) is 0.750. The molecule has 0 unspecified atom stereocenters. The van der Waals surface area contributed by atoms with Crippen molar-refractivity contribution in [3.8, 4) is 0 Å². The van der Waals surface area contributed by atoms with Gasteiger partial charge in [-0.2, -0.15) is 0 Å². The lowest BCUT2D eigenvalue weighted by atomic mass is 10.0. The molecule has 0 aromatic carbocycles. The Morgan fingerprint density at radius 3 is 2.43 bits per heavy atom. The monoisotopic (exact) mass is 196 g/mol. The molecule has 0 aliphatic rings. The van der Waals surface area contributed by atoms with Crippen molar-refractivity contribution in [3.63, 3.8) is 0 Å². The van der Waals surface area contributed by atoms with E-state index in [0.717, 1.165) is 31.6 Å². The van der Waals surface area contributed by atoms with Crippen LogP contribution in [0.3, 0.4) is 0 Å². The van der Waals surface area contributed by atoms with E-state index in [2.05, 4.69) is 31.9 Å². The summed E-state index contributed by atoms with van der Waals surface area (Å²) in [5, 5.41) is 7.92. The highest BCUT2D eigenvalue weighted by Crippen LogP contribution is 2.06. The second-order valence-electron chi connectivity index (χ2n) is 3.73. The summed E-state index contributed by atoms with van der Waals surface area (Å²) in [5.41, 5.74) is 2.00. The third-order valence-corrected chi connectivity index (χ3v) is 2.50.